The van der Waals surface area contributed by atoms with Crippen molar-refractivity contribution in [2.75, 3.05) is 0 Å². The largest absolute Gasteiger partial charge is 0.321 e. The van der Waals surface area contributed by atoms with Crippen molar-refractivity contribution in [2.45, 2.75) is 33.2 Å². The van der Waals surface area contributed by atoms with Crippen LogP contribution in [-0.4, -0.2) is 11.8 Å². The number of ketones is 1. The van der Waals surface area contributed by atoms with E-state index >= 15 is 0 Å². The summed E-state index contributed by atoms with van der Waals surface area (Å²) >= 11 is 0. The molecule has 0 aromatic heterocycles. The second-order valence-electron chi connectivity index (χ2n) is 3.63. The van der Waals surface area contributed by atoms with Crippen molar-refractivity contribution in [1.29, 1.82) is 0 Å². The van der Waals surface area contributed by atoms with Crippen molar-refractivity contribution < 1.29 is 4.79 Å². The maximum atomic E-state index is 11.8. The van der Waals surface area contributed by atoms with Crippen LogP contribution in [0.2, 0.25) is 0 Å². The van der Waals surface area contributed by atoms with Crippen molar-refractivity contribution in [3.8, 4) is 0 Å². The van der Waals surface area contributed by atoms with Gasteiger partial charge >= 0.3 is 0 Å². The number of carbonyl (C=O) groups excluding carboxylic acids is 1. The highest BCUT2D eigenvalue weighted by molar-refractivity contribution is 6.01. The smallest absolute Gasteiger partial charge is 0.179 e. The summed E-state index contributed by atoms with van der Waals surface area (Å²) < 4.78 is 0. The van der Waals surface area contributed by atoms with Crippen molar-refractivity contribution in [3.63, 3.8) is 0 Å². The highest BCUT2D eigenvalue weighted by Crippen LogP contribution is 2.14. The van der Waals surface area contributed by atoms with Crippen LogP contribution in [0.1, 0.15) is 34.8 Å². The van der Waals surface area contributed by atoms with Crippen LogP contribution in [0.5, 0.6) is 0 Å². The fourth-order valence-electron chi connectivity index (χ4n) is 1.40. The lowest BCUT2D eigenvalue weighted by Gasteiger charge is -2.11. The molecule has 2 heteroatoms. The van der Waals surface area contributed by atoms with E-state index in [1.54, 1.807) is 0 Å². The van der Waals surface area contributed by atoms with Crippen LogP contribution < -0.4 is 5.73 Å². The van der Waals surface area contributed by atoms with E-state index in [-0.39, 0.29) is 11.8 Å². The molecule has 0 saturated heterocycles. The Balaban J connectivity index is 3.07. The third kappa shape index (κ3) is 2.02. The standard InChI is InChI=1S/C12H17NO/c1-4-11(13)12(14)10-7-5-6-8(2)9(10)3/h5-7,11H,4,13H2,1-3H3. The van der Waals surface area contributed by atoms with E-state index in [1.165, 1.54) is 0 Å². The fraction of sp³-hybridized carbons (Fsp3) is 0.417. The summed E-state index contributed by atoms with van der Waals surface area (Å²) in [6.07, 6.45) is 0.687. The van der Waals surface area contributed by atoms with Gasteiger partial charge in [-0.25, -0.2) is 0 Å². The number of hydrogen-bond donors (Lipinski definition) is 1. The van der Waals surface area contributed by atoms with E-state index in [4.69, 9.17) is 5.73 Å². The molecule has 2 nitrogen and oxygen atoms in total. The summed E-state index contributed by atoms with van der Waals surface area (Å²) in [6.45, 7) is 5.89. The fourth-order valence-corrected chi connectivity index (χ4v) is 1.40. The van der Waals surface area contributed by atoms with Gasteiger partial charge in [0.1, 0.15) is 0 Å². The van der Waals surface area contributed by atoms with Gasteiger partial charge < -0.3 is 5.73 Å². The monoisotopic (exact) mass is 191 g/mol. The molecule has 0 aliphatic rings. The minimum atomic E-state index is -0.365. The molecule has 0 fully saturated rings. The van der Waals surface area contributed by atoms with Crippen molar-refractivity contribution in [3.05, 3.63) is 34.9 Å². The number of carbonyl (C=O) groups is 1. The van der Waals surface area contributed by atoms with Gasteiger partial charge in [0, 0.05) is 5.56 Å². The zero-order valence-corrected chi connectivity index (χ0v) is 9.00. The summed E-state index contributed by atoms with van der Waals surface area (Å²) in [5.74, 6) is 0.0497. The lowest BCUT2D eigenvalue weighted by molar-refractivity contribution is 0.0958. The van der Waals surface area contributed by atoms with E-state index in [9.17, 15) is 4.79 Å². The van der Waals surface area contributed by atoms with E-state index in [1.807, 2.05) is 39.0 Å². The Bertz CT molecular complexity index is 344. The van der Waals surface area contributed by atoms with Gasteiger partial charge in [0.05, 0.1) is 6.04 Å². The molecular formula is C12H17NO. The van der Waals surface area contributed by atoms with Gasteiger partial charge in [-0.05, 0) is 31.4 Å². The summed E-state index contributed by atoms with van der Waals surface area (Å²) in [4.78, 5) is 11.8. The molecule has 0 heterocycles. The van der Waals surface area contributed by atoms with Crippen LogP contribution in [0.3, 0.4) is 0 Å². The van der Waals surface area contributed by atoms with E-state index in [0.29, 0.717) is 6.42 Å². The van der Waals surface area contributed by atoms with Crippen molar-refractivity contribution >= 4 is 5.78 Å². The molecule has 2 N–H and O–H groups in total. The third-order valence-electron chi connectivity index (χ3n) is 2.65. The molecule has 0 aliphatic heterocycles. The average molecular weight is 191 g/mol. The maximum absolute atomic E-state index is 11.8. The molecule has 1 unspecified atom stereocenters. The molecule has 0 radical (unpaired) electrons. The van der Waals surface area contributed by atoms with Gasteiger partial charge in [-0.15, -0.1) is 0 Å². The number of hydrogen-bond acceptors (Lipinski definition) is 2. The van der Waals surface area contributed by atoms with Crippen molar-refractivity contribution in [1.82, 2.24) is 0 Å². The van der Waals surface area contributed by atoms with E-state index in [2.05, 4.69) is 0 Å². The van der Waals surface area contributed by atoms with Crippen LogP contribution in [0.4, 0.5) is 0 Å². The van der Waals surface area contributed by atoms with Gasteiger partial charge in [0.25, 0.3) is 0 Å². The minimum absolute atomic E-state index is 0.0497. The molecule has 0 aliphatic carbocycles. The highest BCUT2D eigenvalue weighted by atomic mass is 16.1. The topological polar surface area (TPSA) is 43.1 Å². The molecule has 0 bridgehead atoms. The molecule has 1 aromatic carbocycles. The number of Topliss-reactive ketones (excluding diaryl/α,β-unsaturated/α-hetero) is 1. The molecule has 76 valence electrons. The van der Waals surface area contributed by atoms with Crippen LogP contribution in [0.25, 0.3) is 0 Å². The average Bonchev–Trinajstić information content (AvgIpc) is 2.20. The third-order valence-corrected chi connectivity index (χ3v) is 2.65. The quantitative estimate of drug-likeness (QED) is 0.744. The molecule has 0 amide bonds. The summed E-state index contributed by atoms with van der Waals surface area (Å²) in [7, 11) is 0. The number of aryl methyl sites for hydroxylation is 1. The Morgan fingerprint density at radius 3 is 2.64 bits per heavy atom. The molecule has 1 aromatic rings. The molecule has 0 spiro atoms. The Morgan fingerprint density at radius 1 is 1.43 bits per heavy atom. The van der Waals surface area contributed by atoms with Crippen LogP contribution >= 0.6 is 0 Å². The Hall–Kier alpha value is -1.15. The zero-order chi connectivity index (χ0) is 10.7. The summed E-state index contributed by atoms with van der Waals surface area (Å²) in [6, 6.07) is 5.39. The second kappa shape index (κ2) is 4.38. The summed E-state index contributed by atoms with van der Waals surface area (Å²) in [5.41, 5.74) is 8.66. The molecule has 0 saturated carbocycles. The first-order valence-electron chi connectivity index (χ1n) is 4.94. The first-order chi connectivity index (χ1) is 6.57. The second-order valence-corrected chi connectivity index (χ2v) is 3.63. The Labute approximate surface area is 85.1 Å². The van der Waals surface area contributed by atoms with E-state index in [0.717, 1.165) is 16.7 Å². The van der Waals surface area contributed by atoms with Crippen LogP contribution in [0.15, 0.2) is 18.2 Å². The van der Waals surface area contributed by atoms with Gasteiger partial charge in [0.2, 0.25) is 0 Å². The first-order valence-corrected chi connectivity index (χ1v) is 4.94. The molecule has 1 rings (SSSR count). The van der Waals surface area contributed by atoms with Gasteiger partial charge in [-0.1, -0.05) is 25.1 Å². The number of rotatable bonds is 3. The lowest BCUT2D eigenvalue weighted by atomic mass is 9.96. The zero-order valence-electron chi connectivity index (χ0n) is 9.00. The number of nitrogens with two attached hydrogens (primary N) is 1. The van der Waals surface area contributed by atoms with Gasteiger partial charge in [-0.2, -0.15) is 0 Å². The van der Waals surface area contributed by atoms with Gasteiger partial charge in [0.15, 0.2) is 5.78 Å². The van der Waals surface area contributed by atoms with Crippen molar-refractivity contribution in [2.24, 2.45) is 5.73 Å². The normalized spacial score (nSPS) is 12.6. The minimum Gasteiger partial charge on any atom is -0.321 e. The van der Waals surface area contributed by atoms with E-state index < -0.39 is 0 Å². The first kappa shape index (κ1) is 10.9. The maximum Gasteiger partial charge on any atom is 0.179 e. The molecule has 14 heavy (non-hydrogen) atoms. The lowest BCUT2D eigenvalue weighted by Crippen LogP contribution is -2.30. The number of benzene rings is 1. The SMILES string of the molecule is CCC(N)C(=O)c1cccc(C)c1C. The van der Waals surface area contributed by atoms with Gasteiger partial charge in [-0.3, -0.25) is 4.79 Å². The molecular weight excluding hydrogens is 174 g/mol. The summed E-state index contributed by atoms with van der Waals surface area (Å²) in [5, 5.41) is 0. The Kier molecular flexibility index (Phi) is 3.42. The Morgan fingerprint density at radius 2 is 2.07 bits per heavy atom. The predicted octanol–water partition coefficient (Wildman–Crippen LogP) is 2.22. The van der Waals surface area contributed by atoms with Crippen LogP contribution in [0, 0.1) is 13.8 Å². The highest BCUT2D eigenvalue weighted by Gasteiger charge is 2.15. The van der Waals surface area contributed by atoms with Crippen LogP contribution in [-0.2, 0) is 0 Å². The predicted molar refractivity (Wildman–Crippen MR) is 58.5 cm³/mol. The molecule has 1 atom stereocenters.